The van der Waals surface area contributed by atoms with Gasteiger partial charge in [0.25, 0.3) is 0 Å². The molecule has 0 saturated carbocycles. The van der Waals surface area contributed by atoms with Crippen LogP contribution in [0.15, 0.2) is 11.6 Å². The number of hydrogen-bond donors (Lipinski definition) is 3. The van der Waals surface area contributed by atoms with Crippen LogP contribution in [0.5, 0.6) is 0 Å². The van der Waals surface area contributed by atoms with E-state index in [9.17, 15) is 9.59 Å². The molecule has 2 amide bonds. The van der Waals surface area contributed by atoms with Crippen LogP contribution in [0.25, 0.3) is 0 Å². The van der Waals surface area contributed by atoms with Gasteiger partial charge in [-0.05, 0) is 18.8 Å². The molecule has 0 rings (SSSR count). The van der Waals surface area contributed by atoms with Crippen molar-refractivity contribution in [1.29, 1.82) is 0 Å². The van der Waals surface area contributed by atoms with E-state index in [4.69, 9.17) is 16.7 Å². The van der Waals surface area contributed by atoms with Crippen LogP contribution in [0.3, 0.4) is 0 Å². The van der Waals surface area contributed by atoms with Gasteiger partial charge in [-0.2, -0.15) is 0 Å². The van der Waals surface area contributed by atoms with Crippen LogP contribution in [-0.2, 0) is 4.79 Å². The van der Waals surface area contributed by atoms with Crippen molar-refractivity contribution in [2.45, 2.75) is 32.6 Å². The van der Waals surface area contributed by atoms with Gasteiger partial charge in [-0.25, -0.2) is 4.79 Å². The molecule has 0 aromatic rings. The van der Waals surface area contributed by atoms with E-state index in [0.717, 1.165) is 12.8 Å². The Bertz CT molecular complexity index is 295. The van der Waals surface area contributed by atoms with Crippen molar-refractivity contribution in [1.82, 2.24) is 10.6 Å². The zero-order chi connectivity index (χ0) is 14.0. The second kappa shape index (κ2) is 9.76. The lowest BCUT2D eigenvalue weighted by Gasteiger charge is -2.14. The lowest BCUT2D eigenvalue weighted by Crippen LogP contribution is -2.37. The third kappa shape index (κ3) is 9.96. The summed E-state index contributed by atoms with van der Waals surface area (Å²) in [6, 6.07) is -0.287. The molecule has 3 N–H and O–H groups in total. The summed E-state index contributed by atoms with van der Waals surface area (Å²) in [6.07, 6.45) is 2.51. The van der Waals surface area contributed by atoms with Crippen molar-refractivity contribution in [3.05, 3.63) is 11.6 Å². The number of rotatable bonds is 9. The van der Waals surface area contributed by atoms with E-state index in [0.29, 0.717) is 23.9 Å². The Kier molecular flexibility index (Phi) is 9.10. The molecule has 0 spiro atoms. The summed E-state index contributed by atoms with van der Waals surface area (Å²) in [5.74, 6) is -0.454. The summed E-state index contributed by atoms with van der Waals surface area (Å²) in [5.41, 5.74) is 0. The van der Waals surface area contributed by atoms with Crippen LogP contribution in [0, 0.1) is 5.92 Å². The number of amides is 2. The van der Waals surface area contributed by atoms with E-state index in [1.165, 1.54) is 0 Å². The molecule has 0 aliphatic rings. The number of carbonyl (C=O) groups is 2. The largest absolute Gasteiger partial charge is 0.481 e. The number of carboxylic acids is 1. The molecule has 0 heterocycles. The minimum absolute atomic E-state index is 0.177. The number of nitrogens with one attached hydrogen (secondary N) is 2. The Labute approximate surface area is 113 Å². The van der Waals surface area contributed by atoms with E-state index in [-0.39, 0.29) is 19.0 Å². The topological polar surface area (TPSA) is 78.4 Å². The Balaban J connectivity index is 3.69. The van der Waals surface area contributed by atoms with Crippen molar-refractivity contribution in [3.8, 4) is 0 Å². The van der Waals surface area contributed by atoms with E-state index in [1.54, 1.807) is 0 Å². The molecule has 104 valence electrons. The van der Waals surface area contributed by atoms with E-state index in [2.05, 4.69) is 17.2 Å². The Morgan fingerprint density at radius 1 is 1.33 bits per heavy atom. The van der Waals surface area contributed by atoms with Crippen molar-refractivity contribution in [3.63, 3.8) is 0 Å². The standard InChI is InChI=1S/C12H21ClN2O3/c1-3-10(4-5-11(16)17)6-7-14-12(18)15-8-9(2)13/h10H,2-8H2,1H3,(H,16,17)(H2,14,15,18). The fraction of sp³-hybridized carbons (Fsp3) is 0.667. The number of aliphatic carboxylic acids is 1. The van der Waals surface area contributed by atoms with Crippen LogP contribution in [0.1, 0.15) is 32.6 Å². The fourth-order valence-corrected chi connectivity index (χ4v) is 1.58. The Morgan fingerprint density at radius 2 is 2.00 bits per heavy atom. The first-order chi connectivity index (χ1) is 8.45. The van der Waals surface area contributed by atoms with Gasteiger partial charge in [0, 0.05) is 18.0 Å². The van der Waals surface area contributed by atoms with Crippen molar-refractivity contribution in [2.75, 3.05) is 13.1 Å². The molecule has 0 saturated heterocycles. The van der Waals surface area contributed by atoms with Crippen molar-refractivity contribution < 1.29 is 14.7 Å². The molecular weight excluding hydrogens is 256 g/mol. The molecule has 18 heavy (non-hydrogen) atoms. The highest BCUT2D eigenvalue weighted by Crippen LogP contribution is 2.14. The maximum absolute atomic E-state index is 11.3. The maximum atomic E-state index is 11.3. The summed E-state index contributed by atoms with van der Waals surface area (Å²) in [6.45, 7) is 6.24. The molecule has 0 aliphatic heterocycles. The van der Waals surface area contributed by atoms with Gasteiger partial charge < -0.3 is 15.7 Å². The number of hydrogen-bond acceptors (Lipinski definition) is 2. The van der Waals surface area contributed by atoms with Gasteiger partial charge in [0.2, 0.25) is 0 Å². The predicted molar refractivity (Wildman–Crippen MR) is 71.7 cm³/mol. The molecular formula is C12H21ClN2O3. The average Bonchev–Trinajstić information content (AvgIpc) is 2.30. The summed E-state index contributed by atoms with van der Waals surface area (Å²) in [7, 11) is 0. The third-order valence-electron chi connectivity index (χ3n) is 2.62. The van der Waals surface area contributed by atoms with Crippen molar-refractivity contribution in [2.24, 2.45) is 5.92 Å². The Hall–Kier alpha value is -1.23. The van der Waals surface area contributed by atoms with Crippen LogP contribution in [0.4, 0.5) is 4.79 Å². The van der Waals surface area contributed by atoms with E-state index in [1.807, 2.05) is 6.92 Å². The van der Waals surface area contributed by atoms with Gasteiger partial charge in [-0.1, -0.05) is 31.5 Å². The first-order valence-electron chi connectivity index (χ1n) is 6.02. The predicted octanol–water partition coefficient (Wildman–Crippen LogP) is 2.32. The van der Waals surface area contributed by atoms with Gasteiger partial charge in [0.05, 0.1) is 6.54 Å². The molecule has 1 atom stereocenters. The number of halogens is 1. The molecule has 0 aromatic heterocycles. The van der Waals surface area contributed by atoms with Crippen molar-refractivity contribution >= 4 is 23.6 Å². The quantitative estimate of drug-likeness (QED) is 0.605. The van der Waals surface area contributed by atoms with Gasteiger partial charge >= 0.3 is 12.0 Å². The highest BCUT2D eigenvalue weighted by Gasteiger charge is 2.09. The third-order valence-corrected chi connectivity index (χ3v) is 2.76. The number of urea groups is 1. The lowest BCUT2D eigenvalue weighted by atomic mass is 9.97. The molecule has 0 radical (unpaired) electrons. The molecule has 0 aromatic carbocycles. The molecule has 6 heteroatoms. The first kappa shape index (κ1) is 16.8. The number of carboxylic acid groups (broad SMARTS) is 1. The van der Waals surface area contributed by atoms with Crippen LogP contribution in [0.2, 0.25) is 0 Å². The highest BCUT2D eigenvalue weighted by atomic mass is 35.5. The maximum Gasteiger partial charge on any atom is 0.315 e. The molecule has 0 aliphatic carbocycles. The summed E-state index contributed by atoms with van der Waals surface area (Å²) in [4.78, 5) is 21.7. The van der Waals surface area contributed by atoms with Gasteiger partial charge in [0.15, 0.2) is 0 Å². The highest BCUT2D eigenvalue weighted by molar-refractivity contribution is 6.29. The van der Waals surface area contributed by atoms with Crippen LogP contribution in [-0.4, -0.2) is 30.2 Å². The first-order valence-corrected chi connectivity index (χ1v) is 6.40. The average molecular weight is 277 g/mol. The SMILES string of the molecule is C=C(Cl)CNC(=O)NCCC(CC)CCC(=O)O. The van der Waals surface area contributed by atoms with Crippen LogP contribution < -0.4 is 10.6 Å². The normalized spacial score (nSPS) is 11.7. The molecule has 0 bridgehead atoms. The minimum Gasteiger partial charge on any atom is -0.481 e. The smallest absolute Gasteiger partial charge is 0.315 e. The van der Waals surface area contributed by atoms with E-state index < -0.39 is 5.97 Å². The van der Waals surface area contributed by atoms with E-state index >= 15 is 0 Å². The molecule has 0 fully saturated rings. The monoisotopic (exact) mass is 276 g/mol. The minimum atomic E-state index is -0.778. The second-order valence-corrected chi connectivity index (χ2v) is 4.66. The second-order valence-electron chi connectivity index (χ2n) is 4.12. The Morgan fingerprint density at radius 3 is 2.50 bits per heavy atom. The number of carbonyl (C=O) groups excluding carboxylic acids is 1. The van der Waals surface area contributed by atoms with Crippen LogP contribution >= 0.6 is 11.6 Å². The molecule has 5 nitrogen and oxygen atoms in total. The van der Waals surface area contributed by atoms with Gasteiger partial charge in [-0.3, -0.25) is 4.79 Å². The fourth-order valence-electron chi connectivity index (χ4n) is 1.51. The van der Waals surface area contributed by atoms with Gasteiger partial charge in [0.1, 0.15) is 0 Å². The zero-order valence-corrected chi connectivity index (χ0v) is 11.4. The summed E-state index contributed by atoms with van der Waals surface area (Å²) >= 11 is 5.51. The van der Waals surface area contributed by atoms with Gasteiger partial charge in [-0.15, -0.1) is 0 Å². The zero-order valence-electron chi connectivity index (χ0n) is 10.7. The molecule has 1 unspecified atom stereocenters. The summed E-state index contributed by atoms with van der Waals surface area (Å²) in [5, 5.41) is 14.2. The lowest BCUT2D eigenvalue weighted by molar-refractivity contribution is -0.137. The summed E-state index contributed by atoms with van der Waals surface area (Å²) < 4.78 is 0.